The lowest BCUT2D eigenvalue weighted by Crippen LogP contribution is -1.95. The first-order valence-electron chi connectivity index (χ1n) is 5.74. The SMILES string of the molecule is C#CCOc1cccc2ccc(C)nc12.CC. The molecule has 0 N–H and O–H groups in total. The lowest BCUT2D eigenvalue weighted by Gasteiger charge is -2.06. The maximum atomic E-state index is 5.42. The topological polar surface area (TPSA) is 22.1 Å². The quantitative estimate of drug-likeness (QED) is 0.731. The van der Waals surface area contributed by atoms with Crippen LogP contribution in [0.1, 0.15) is 19.5 Å². The Balaban J connectivity index is 0.000000686. The lowest BCUT2D eigenvalue weighted by atomic mass is 10.2. The summed E-state index contributed by atoms with van der Waals surface area (Å²) in [6.45, 7) is 6.23. The van der Waals surface area contributed by atoms with E-state index in [0.29, 0.717) is 0 Å². The molecule has 0 fully saturated rings. The van der Waals surface area contributed by atoms with Gasteiger partial charge in [-0.05, 0) is 19.1 Å². The van der Waals surface area contributed by atoms with E-state index in [2.05, 4.69) is 10.9 Å². The molecule has 0 radical (unpaired) electrons. The summed E-state index contributed by atoms with van der Waals surface area (Å²) in [7, 11) is 0. The van der Waals surface area contributed by atoms with Gasteiger partial charge >= 0.3 is 0 Å². The molecule has 17 heavy (non-hydrogen) atoms. The molecule has 0 aliphatic rings. The lowest BCUT2D eigenvalue weighted by molar-refractivity contribution is 0.374. The third kappa shape index (κ3) is 3.22. The molecule has 0 saturated carbocycles. The summed E-state index contributed by atoms with van der Waals surface area (Å²) in [5.41, 5.74) is 1.84. The smallest absolute Gasteiger partial charge is 0.148 e. The van der Waals surface area contributed by atoms with Crippen LogP contribution in [-0.4, -0.2) is 11.6 Å². The van der Waals surface area contributed by atoms with Crippen LogP contribution in [0.15, 0.2) is 30.3 Å². The molecule has 2 aromatic rings. The van der Waals surface area contributed by atoms with Crippen molar-refractivity contribution < 1.29 is 4.74 Å². The van der Waals surface area contributed by atoms with E-state index in [9.17, 15) is 0 Å². The highest BCUT2D eigenvalue weighted by molar-refractivity contribution is 5.84. The fourth-order valence-corrected chi connectivity index (χ4v) is 1.45. The Hall–Kier alpha value is -2.01. The molecular weight excluding hydrogens is 210 g/mol. The molecule has 2 rings (SSSR count). The largest absolute Gasteiger partial charge is 0.479 e. The number of hydrogen-bond acceptors (Lipinski definition) is 2. The zero-order chi connectivity index (χ0) is 12.7. The summed E-state index contributed by atoms with van der Waals surface area (Å²) in [4.78, 5) is 4.43. The summed E-state index contributed by atoms with van der Waals surface area (Å²) in [6.07, 6.45) is 5.15. The van der Waals surface area contributed by atoms with Crippen LogP contribution < -0.4 is 4.74 Å². The van der Waals surface area contributed by atoms with Gasteiger partial charge in [-0.2, -0.15) is 0 Å². The minimum Gasteiger partial charge on any atom is -0.479 e. The van der Waals surface area contributed by atoms with E-state index in [-0.39, 0.29) is 6.61 Å². The Kier molecular flexibility index (Phi) is 5.03. The van der Waals surface area contributed by atoms with E-state index in [4.69, 9.17) is 11.2 Å². The van der Waals surface area contributed by atoms with E-state index in [1.165, 1.54) is 0 Å². The Morgan fingerprint density at radius 3 is 2.71 bits per heavy atom. The van der Waals surface area contributed by atoms with Gasteiger partial charge < -0.3 is 4.74 Å². The van der Waals surface area contributed by atoms with Gasteiger partial charge in [0.1, 0.15) is 17.9 Å². The van der Waals surface area contributed by atoms with E-state index in [1.807, 2.05) is 51.1 Å². The van der Waals surface area contributed by atoms with Gasteiger partial charge in [0.25, 0.3) is 0 Å². The molecule has 0 amide bonds. The van der Waals surface area contributed by atoms with Gasteiger partial charge in [0.05, 0.1) is 0 Å². The van der Waals surface area contributed by atoms with E-state index in [0.717, 1.165) is 22.3 Å². The predicted octanol–water partition coefficient (Wildman–Crippen LogP) is 3.58. The molecule has 1 heterocycles. The molecular formula is C15H17NO. The zero-order valence-electron chi connectivity index (χ0n) is 10.5. The number of rotatable bonds is 2. The van der Waals surface area contributed by atoms with E-state index >= 15 is 0 Å². The van der Waals surface area contributed by atoms with Gasteiger partial charge in [-0.15, -0.1) is 6.42 Å². The third-order valence-corrected chi connectivity index (χ3v) is 2.13. The molecule has 0 aliphatic carbocycles. The highest BCUT2D eigenvalue weighted by Crippen LogP contribution is 2.23. The fraction of sp³-hybridized carbons (Fsp3) is 0.267. The second-order valence-electron chi connectivity index (χ2n) is 3.27. The second-order valence-corrected chi connectivity index (χ2v) is 3.27. The molecule has 0 spiro atoms. The van der Waals surface area contributed by atoms with Crippen LogP contribution in [0.25, 0.3) is 10.9 Å². The molecule has 0 aliphatic heterocycles. The Labute approximate surface area is 103 Å². The predicted molar refractivity (Wildman–Crippen MR) is 72.2 cm³/mol. The van der Waals surface area contributed by atoms with Crippen molar-refractivity contribution in [3.8, 4) is 18.1 Å². The van der Waals surface area contributed by atoms with Crippen LogP contribution in [-0.2, 0) is 0 Å². The molecule has 88 valence electrons. The number of aryl methyl sites for hydroxylation is 1. The third-order valence-electron chi connectivity index (χ3n) is 2.13. The monoisotopic (exact) mass is 227 g/mol. The first kappa shape index (κ1) is 13.1. The molecule has 0 bridgehead atoms. The minimum atomic E-state index is 0.273. The van der Waals surface area contributed by atoms with Crippen molar-refractivity contribution in [2.24, 2.45) is 0 Å². The number of aromatic nitrogens is 1. The van der Waals surface area contributed by atoms with Crippen molar-refractivity contribution in [3.63, 3.8) is 0 Å². The summed E-state index contributed by atoms with van der Waals surface area (Å²) in [5, 5.41) is 1.06. The molecule has 2 heteroatoms. The summed E-state index contributed by atoms with van der Waals surface area (Å²) in [5.74, 6) is 3.19. The van der Waals surface area contributed by atoms with Gasteiger partial charge in [-0.1, -0.05) is 38.0 Å². The van der Waals surface area contributed by atoms with Crippen molar-refractivity contribution in [1.29, 1.82) is 0 Å². The van der Waals surface area contributed by atoms with Crippen molar-refractivity contribution in [1.82, 2.24) is 4.98 Å². The number of ether oxygens (including phenoxy) is 1. The Bertz CT molecular complexity index is 526. The Morgan fingerprint density at radius 1 is 1.24 bits per heavy atom. The molecule has 0 atom stereocenters. The van der Waals surface area contributed by atoms with Gasteiger partial charge in [-0.25, -0.2) is 4.98 Å². The highest BCUT2D eigenvalue weighted by Gasteiger charge is 2.02. The van der Waals surface area contributed by atoms with E-state index < -0.39 is 0 Å². The standard InChI is InChI=1S/C13H11NO.C2H6/c1-3-9-15-12-6-4-5-11-8-7-10(2)14-13(11)12;1-2/h1,4-8H,9H2,2H3;1-2H3. The average molecular weight is 227 g/mol. The normalized spacial score (nSPS) is 9.06. The molecule has 1 aromatic carbocycles. The first-order valence-corrected chi connectivity index (χ1v) is 5.74. The van der Waals surface area contributed by atoms with Crippen LogP contribution >= 0.6 is 0 Å². The number of hydrogen-bond donors (Lipinski definition) is 0. The van der Waals surface area contributed by atoms with Crippen molar-refractivity contribution >= 4 is 10.9 Å². The summed E-state index contributed by atoms with van der Waals surface area (Å²) < 4.78 is 5.42. The number of terminal acetylenes is 1. The van der Waals surface area contributed by atoms with Crippen LogP contribution in [0.3, 0.4) is 0 Å². The van der Waals surface area contributed by atoms with Crippen molar-refractivity contribution in [3.05, 3.63) is 36.0 Å². The van der Waals surface area contributed by atoms with Gasteiger partial charge in [0.2, 0.25) is 0 Å². The van der Waals surface area contributed by atoms with Gasteiger partial charge in [0.15, 0.2) is 0 Å². The number of para-hydroxylation sites is 1. The van der Waals surface area contributed by atoms with Crippen LogP contribution in [0.4, 0.5) is 0 Å². The number of pyridine rings is 1. The van der Waals surface area contributed by atoms with Crippen molar-refractivity contribution in [2.75, 3.05) is 6.61 Å². The first-order chi connectivity index (χ1) is 8.31. The van der Waals surface area contributed by atoms with Crippen molar-refractivity contribution in [2.45, 2.75) is 20.8 Å². The molecule has 0 saturated heterocycles. The summed E-state index contributed by atoms with van der Waals surface area (Å²) >= 11 is 0. The van der Waals surface area contributed by atoms with Gasteiger partial charge in [0, 0.05) is 11.1 Å². The fourth-order valence-electron chi connectivity index (χ4n) is 1.45. The maximum absolute atomic E-state index is 5.42. The number of benzene rings is 1. The average Bonchev–Trinajstić information content (AvgIpc) is 2.38. The minimum absolute atomic E-state index is 0.273. The second kappa shape index (κ2) is 6.55. The summed E-state index contributed by atoms with van der Waals surface area (Å²) in [6, 6.07) is 9.83. The highest BCUT2D eigenvalue weighted by atomic mass is 16.5. The number of nitrogens with zero attached hydrogens (tertiary/aromatic N) is 1. The molecule has 0 unspecified atom stereocenters. The zero-order valence-corrected chi connectivity index (χ0v) is 10.5. The molecule has 1 aromatic heterocycles. The van der Waals surface area contributed by atoms with Crippen LogP contribution in [0.5, 0.6) is 5.75 Å². The van der Waals surface area contributed by atoms with Crippen LogP contribution in [0, 0.1) is 19.3 Å². The van der Waals surface area contributed by atoms with E-state index in [1.54, 1.807) is 0 Å². The molecule has 2 nitrogen and oxygen atoms in total. The Morgan fingerprint density at radius 2 is 2.00 bits per heavy atom. The number of fused-ring (bicyclic) bond motifs is 1. The maximum Gasteiger partial charge on any atom is 0.148 e. The van der Waals surface area contributed by atoms with Crippen LogP contribution in [0.2, 0.25) is 0 Å². The van der Waals surface area contributed by atoms with Gasteiger partial charge in [-0.3, -0.25) is 0 Å².